The quantitative estimate of drug-likeness (QED) is 0.748. The highest BCUT2D eigenvalue weighted by molar-refractivity contribution is 7.09. The Labute approximate surface area is 128 Å². The Morgan fingerprint density at radius 3 is 2.95 bits per heavy atom. The van der Waals surface area contributed by atoms with Crippen LogP contribution in [0, 0.1) is 5.92 Å². The number of amides is 1. The molecule has 1 amide bonds. The van der Waals surface area contributed by atoms with Gasteiger partial charge in [-0.1, -0.05) is 18.2 Å². The Morgan fingerprint density at radius 1 is 1.33 bits per heavy atom. The van der Waals surface area contributed by atoms with Gasteiger partial charge in [-0.3, -0.25) is 4.79 Å². The van der Waals surface area contributed by atoms with Crippen LogP contribution in [0.5, 0.6) is 0 Å². The zero-order valence-electron chi connectivity index (χ0n) is 11.9. The van der Waals surface area contributed by atoms with Crippen molar-refractivity contribution in [2.45, 2.75) is 32.4 Å². The van der Waals surface area contributed by atoms with Crippen LogP contribution in [-0.4, -0.2) is 10.8 Å². The molecule has 0 saturated carbocycles. The van der Waals surface area contributed by atoms with Crippen molar-refractivity contribution < 1.29 is 9.21 Å². The normalized spacial score (nSPS) is 17.2. The number of furan rings is 1. The van der Waals surface area contributed by atoms with Crippen LogP contribution in [0.1, 0.15) is 29.9 Å². The number of allylic oxidation sites excluding steroid dienone is 2. The molecule has 0 saturated heterocycles. The SMILES string of the molecule is O=C(CC1C=CCC1)N(Cc1ccco1)Cc1cccs1. The summed E-state index contributed by atoms with van der Waals surface area (Å²) in [5, 5.41) is 2.05. The van der Waals surface area contributed by atoms with E-state index in [9.17, 15) is 4.79 Å². The second-order valence-corrected chi connectivity index (χ2v) is 6.41. The molecule has 1 aliphatic rings. The van der Waals surface area contributed by atoms with Gasteiger partial charge in [0.25, 0.3) is 0 Å². The minimum Gasteiger partial charge on any atom is -0.467 e. The van der Waals surface area contributed by atoms with Crippen LogP contribution in [0.15, 0.2) is 52.5 Å². The highest BCUT2D eigenvalue weighted by Crippen LogP contribution is 2.23. The lowest BCUT2D eigenvalue weighted by atomic mass is 10.0. The molecule has 4 heteroatoms. The monoisotopic (exact) mass is 301 g/mol. The summed E-state index contributed by atoms with van der Waals surface area (Å²) in [5.74, 6) is 1.44. The van der Waals surface area contributed by atoms with E-state index in [1.165, 1.54) is 4.88 Å². The molecule has 0 N–H and O–H groups in total. The van der Waals surface area contributed by atoms with Crippen molar-refractivity contribution >= 4 is 17.2 Å². The van der Waals surface area contributed by atoms with E-state index in [0.717, 1.165) is 18.6 Å². The van der Waals surface area contributed by atoms with Gasteiger partial charge in [-0.15, -0.1) is 11.3 Å². The molecule has 3 rings (SSSR count). The molecule has 1 unspecified atom stereocenters. The van der Waals surface area contributed by atoms with Gasteiger partial charge in [0.1, 0.15) is 5.76 Å². The zero-order chi connectivity index (χ0) is 14.5. The average Bonchev–Trinajstić information content (AvgIpc) is 3.21. The molecule has 0 spiro atoms. The summed E-state index contributed by atoms with van der Waals surface area (Å²) < 4.78 is 5.40. The van der Waals surface area contributed by atoms with E-state index in [0.29, 0.717) is 25.4 Å². The number of nitrogens with zero attached hydrogens (tertiary/aromatic N) is 1. The van der Waals surface area contributed by atoms with Crippen LogP contribution in [-0.2, 0) is 17.9 Å². The fraction of sp³-hybridized carbons (Fsp3) is 0.353. The maximum Gasteiger partial charge on any atom is 0.223 e. The number of carbonyl (C=O) groups is 1. The molecule has 0 bridgehead atoms. The molecule has 0 aliphatic heterocycles. The minimum absolute atomic E-state index is 0.205. The number of hydrogen-bond acceptors (Lipinski definition) is 3. The second kappa shape index (κ2) is 6.76. The molecular weight excluding hydrogens is 282 g/mol. The molecule has 1 aliphatic carbocycles. The molecule has 21 heavy (non-hydrogen) atoms. The Kier molecular flexibility index (Phi) is 4.55. The third-order valence-electron chi connectivity index (χ3n) is 3.76. The van der Waals surface area contributed by atoms with E-state index < -0.39 is 0 Å². The van der Waals surface area contributed by atoms with E-state index in [-0.39, 0.29) is 5.91 Å². The van der Waals surface area contributed by atoms with Crippen LogP contribution >= 0.6 is 11.3 Å². The lowest BCUT2D eigenvalue weighted by molar-refractivity contribution is -0.133. The molecule has 2 heterocycles. The highest BCUT2D eigenvalue weighted by Gasteiger charge is 2.20. The first kappa shape index (κ1) is 14.1. The molecule has 3 nitrogen and oxygen atoms in total. The molecule has 0 fully saturated rings. The van der Waals surface area contributed by atoms with Crippen LogP contribution in [0.2, 0.25) is 0 Å². The predicted molar refractivity (Wildman–Crippen MR) is 83.8 cm³/mol. The first-order valence-corrected chi connectivity index (χ1v) is 8.18. The lowest BCUT2D eigenvalue weighted by Crippen LogP contribution is -2.30. The lowest BCUT2D eigenvalue weighted by Gasteiger charge is -2.22. The van der Waals surface area contributed by atoms with Crippen molar-refractivity contribution in [1.29, 1.82) is 0 Å². The van der Waals surface area contributed by atoms with Crippen LogP contribution in [0.3, 0.4) is 0 Å². The van der Waals surface area contributed by atoms with Crippen LogP contribution in [0.25, 0.3) is 0 Å². The highest BCUT2D eigenvalue weighted by atomic mass is 32.1. The summed E-state index contributed by atoms with van der Waals surface area (Å²) in [4.78, 5) is 15.7. The standard InChI is InChI=1S/C17H19NO2S/c19-17(11-14-5-1-2-6-14)18(12-15-7-3-9-20-15)13-16-8-4-10-21-16/h1,3-5,7-10,14H,2,6,11-13H2. The van der Waals surface area contributed by atoms with Crippen molar-refractivity contribution in [2.24, 2.45) is 5.92 Å². The molecule has 1 atom stereocenters. The Morgan fingerprint density at radius 2 is 2.29 bits per heavy atom. The van der Waals surface area contributed by atoms with Gasteiger partial charge in [-0.2, -0.15) is 0 Å². The maximum absolute atomic E-state index is 12.6. The Bertz CT molecular complexity index is 550. The number of hydrogen-bond donors (Lipinski definition) is 0. The first-order valence-electron chi connectivity index (χ1n) is 7.30. The van der Waals surface area contributed by atoms with Crippen molar-refractivity contribution in [3.05, 3.63) is 58.7 Å². The zero-order valence-corrected chi connectivity index (χ0v) is 12.7. The van der Waals surface area contributed by atoms with Crippen LogP contribution < -0.4 is 0 Å². The van der Waals surface area contributed by atoms with Crippen molar-refractivity contribution in [3.63, 3.8) is 0 Å². The molecule has 110 valence electrons. The molecule has 0 radical (unpaired) electrons. The smallest absolute Gasteiger partial charge is 0.223 e. The van der Waals surface area contributed by atoms with Gasteiger partial charge in [0.2, 0.25) is 5.91 Å². The Balaban J connectivity index is 1.67. The van der Waals surface area contributed by atoms with Crippen molar-refractivity contribution in [2.75, 3.05) is 0 Å². The number of carbonyl (C=O) groups excluding carboxylic acids is 1. The summed E-state index contributed by atoms with van der Waals surface area (Å²) in [6.45, 7) is 1.20. The largest absolute Gasteiger partial charge is 0.467 e. The van der Waals surface area contributed by atoms with Gasteiger partial charge in [0, 0.05) is 11.3 Å². The van der Waals surface area contributed by atoms with Gasteiger partial charge >= 0.3 is 0 Å². The summed E-state index contributed by atoms with van der Waals surface area (Å²) in [5.41, 5.74) is 0. The first-order chi connectivity index (χ1) is 10.3. The molecule has 2 aromatic heterocycles. The molecular formula is C17H19NO2S. The fourth-order valence-electron chi connectivity index (χ4n) is 2.63. The van der Waals surface area contributed by atoms with E-state index in [1.807, 2.05) is 28.5 Å². The number of rotatable bonds is 6. The molecule has 2 aromatic rings. The number of thiophene rings is 1. The topological polar surface area (TPSA) is 33.5 Å². The van der Waals surface area contributed by atoms with Crippen molar-refractivity contribution in [1.82, 2.24) is 4.90 Å². The van der Waals surface area contributed by atoms with E-state index in [1.54, 1.807) is 17.6 Å². The summed E-state index contributed by atoms with van der Waals surface area (Å²) in [7, 11) is 0. The van der Waals surface area contributed by atoms with E-state index in [2.05, 4.69) is 18.2 Å². The molecule has 0 aromatic carbocycles. The summed E-state index contributed by atoms with van der Waals surface area (Å²) in [6, 6.07) is 7.88. The minimum atomic E-state index is 0.205. The second-order valence-electron chi connectivity index (χ2n) is 5.38. The third kappa shape index (κ3) is 3.85. The van der Waals surface area contributed by atoms with E-state index in [4.69, 9.17) is 4.42 Å². The van der Waals surface area contributed by atoms with Crippen LogP contribution in [0.4, 0.5) is 0 Å². The van der Waals surface area contributed by atoms with Gasteiger partial charge in [-0.05, 0) is 42.3 Å². The summed E-state index contributed by atoms with van der Waals surface area (Å²) >= 11 is 1.69. The predicted octanol–water partition coefficient (Wildman–Crippen LogP) is 4.23. The fourth-order valence-corrected chi connectivity index (χ4v) is 3.35. The van der Waals surface area contributed by atoms with Crippen molar-refractivity contribution in [3.8, 4) is 0 Å². The third-order valence-corrected chi connectivity index (χ3v) is 4.62. The van der Waals surface area contributed by atoms with Gasteiger partial charge < -0.3 is 9.32 Å². The average molecular weight is 301 g/mol. The Hall–Kier alpha value is -1.81. The van der Waals surface area contributed by atoms with E-state index >= 15 is 0 Å². The van der Waals surface area contributed by atoms with Gasteiger partial charge in [0.15, 0.2) is 0 Å². The summed E-state index contributed by atoms with van der Waals surface area (Å²) in [6.07, 6.45) is 8.80. The van der Waals surface area contributed by atoms with Gasteiger partial charge in [0.05, 0.1) is 19.4 Å². The van der Waals surface area contributed by atoms with Gasteiger partial charge in [-0.25, -0.2) is 0 Å². The maximum atomic E-state index is 12.6.